The summed E-state index contributed by atoms with van der Waals surface area (Å²) < 4.78 is 1.97. The van der Waals surface area contributed by atoms with Crippen LogP contribution >= 0.6 is 0 Å². The highest BCUT2D eigenvalue weighted by Crippen LogP contribution is 2.35. The van der Waals surface area contributed by atoms with E-state index in [1.807, 2.05) is 16.9 Å². The van der Waals surface area contributed by atoms with E-state index in [1.54, 1.807) is 6.20 Å². The monoisotopic (exact) mass is 468 g/mol. The molecule has 1 aliphatic heterocycles. The number of nitrogens with zero attached hydrogens (tertiary/aromatic N) is 4. The number of carbonyl (C=O) groups is 2. The normalized spacial score (nSPS) is 18.1. The summed E-state index contributed by atoms with van der Waals surface area (Å²) >= 11 is 0. The van der Waals surface area contributed by atoms with Gasteiger partial charge in [0.25, 0.3) is 5.91 Å². The smallest absolute Gasteiger partial charge is 0.407 e. The van der Waals surface area contributed by atoms with Crippen LogP contribution < -0.4 is 11.1 Å². The number of carboxylic acid groups (broad SMARTS) is 1. The lowest BCUT2D eigenvalue weighted by molar-refractivity contribution is 0.0928. The second kappa shape index (κ2) is 9.64. The van der Waals surface area contributed by atoms with Crippen molar-refractivity contribution < 1.29 is 14.7 Å². The number of carbonyl (C=O) groups excluding carboxylic acids is 1. The molecule has 34 heavy (non-hydrogen) atoms. The number of amides is 2. The van der Waals surface area contributed by atoms with Crippen molar-refractivity contribution in [1.29, 1.82) is 0 Å². The van der Waals surface area contributed by atoms with Gasteiger partial charge in [0.05, 0.1) is 17.3 Å². The lowest BCUT2D eigenvalue weighted by Gasteiger charge is -2.30. The largest absolute Gasteiger partial charge is 0.465 e. The molecule has 2 aromatic heterocycles. The van der Waals surface area contributed by atoms with Crippen LogP contribution in [-0.4, -0.2) is 55.9 Å². The molecule has 4 N–H and O–H groups in total. The van der Waals surface area contributed by atoms with Crippen LogP contribution in [0, 0.1) is 0 Å². The first-order valence-corrected chi connectivity index (χ1v) is 12.3. The fourth-order valence-corrected chi connectivity index (χ4v) is 4.98. The number of anilines is 1. The molecule has 3 heterocycles. The number of nitrogen functional groups attached to an aromatic ring is 1. The van der Waals surface area contributed by atoms with Crippen molar-refractivity contribution in [2.75, 3.05) is 18.8 Å². The second-order valence-electron chi connectivity index (χ2n) is 10.6. The molecule has 0 aromatic carbocycles. The molecule has 2 aliphatic rings. The average Bonchev–Trinajstić information content (AvgIpc) is 3.26. The van der Waals surface area contributed by atoms with Gasteiger partial charge in [-0.25, -0.2) is 9.78 Å². The molecule has 0 atom stereocenters. The third-order valence-corrected chi connectivity index (χ3v) is 6.97. The van der Waals surface area contributed by atoms with Crippen LogP contribution in [0.4, 0.5) is 10.6 Å². The van der Waals surface area contributed by atoms with Crippen LogP contribution in [0.15, 0.2) is 18.5 Å². The number of pyridine rings is 1. The van der Waals surface area contributed by atoms with Gasteiger partial charge in [0.2, 0.25) is 0 Å². The Morgan fingerprint density at radius 3 is 2.41 bits per heavy atom. The fraction of sp³-hybridized carbons (Fsp3) is 0.600. The van der Waals surface area contributed by atoms with Crippen molar-refractivity contribution in [3.8, 4) is 11.1 Å². The van der Waals surface area contributed by atoms with E-state index in [4.69, 9.17) is 10.8 Å². The Balaban J connectivity index is 1.62. The van der Waals surface area contributed by atoms with E-state index in [-0.39, 0.29) is 29.2 Å². The van der Waals surface area contributed by atoms with Gasteiger partial charge in [-0.15, -0.1) is 0 Å². The van der Waals surface area contributed by atoms with Crippen LogP contribution in [-0.2, 0) is 5.41 Å². The lowest BCUT2D eigenvalue weighted by atomic mass is 9.87. The standard InChI is InChI=1S/C25H36N6O3/c1-25(2,3)21-20(15-31(29-21)18-9-11-30(12-10-18)24(33)34)16-13-19(22(26)27-14-16)23(32)28-17-7-5-4-6-8-17/h13-15,17-18H,4-12H2,1-3H3,(H2,26,27)(H,28,32)(H,33,34). The number of aromatic nitrogens is 3. The van der Waals surface area contributed by atoms with Crippen molar-refractivity contribution in [3.63, 3.8) is 0 Å². The van der Waals surface area contributed by atoms with Gasteiger partial charge in [0, 0.05) is 48.1 Å². The van der Waals surface area contributed by atoms with E-state index in [0.717, 1.165) is 42.5 Å². The Labute approximate surface area is 200 Å². The second-order valence-corrected chi connectivity index (χ2v) is 10.6. The van der Waals surface area contributed by atoms with E-state index in [0.29, 0.717) is 31.5 Å². The summed E-state index contributed by atoms with van der Waals surface area (Å²) in [4.78, 5) is 30.1. The number of piperidine rings is 1. The predicted octanol–water partition coefficient (Wildman–Crippen LogP) is 4.20. The van der Waals surface area contributed by atoms with Crippen LogP contribution in [0.25, 0.3) is 11.1 Å². The third kappa shape index (κ3) is 5.18. The highest BCUT2D eigenvalue weighted by Gasteiger charge is 2.29. The highest BCUT2D eigenvalue weighted by atomic mass is 16.4. The zero-order valence-electron chi connectivity index (χ0n) is 20.4. The molecule has 2 aromatic rings. The van der Waals surface area contributed by atoms with Crippen molar-refractivity contribution >= 4 is 17.8 Å². The van der Waals surface area contributed by atoms with Gasteiger partial charge in [0.15, 0.2) is 0 Å². The van der Waals surface area contributed by atoms with Gasteiger partial charge >= 0.3 is 6.09 Å². The molecular formula is C25H36N6O3. The molecule has 1 saturated heterocycles. The van der Waals surface area contributed by atoms with Crippen LogP contribution in [0.1, 0.15) is 87.8 Å². The minimum Gasteiger partial charge on any atom is -0.465 e. The summed E-state index contributed by atoms with van der Waals surface area (Å²) in [5.41, 5.74) is 8.92. The highest BCUT2D eigenvalue weighted by molar-refractivity contribution is 5.99. The SMILES string of the molecule is CC(C)(C)c1nn(C2CCN(C(=O)O)CC2)cc1-c1cnc(N)c(C(=O)NC2CCCCC2)c1. The summed E-state index contributed by atoms with van der Waals surface area (Å²) in [6.45, 7) is 7.32. The number of hydrogen-bond donors (Lipinski definition) is 3. The summed E-state index contributed by atoms with van der Waals surface area (Å²) in [7, 11) is 0. The Morgan fingerprint density at radius 2 is 1.79 bits per heavy atom. The van der Waals surface area contributed by atoms with E-state index < -0.39 is 6.09 Å². The van der Waals surface area contributed by atoms with Crippen molar-refractivity contribution in [2.45, 2.75) is 83.2 Å². The molecule has 0 radical (unpaired) electrons. The van der Waals surface area contributed by atoms with E-state index >= 15 is 0 Å². The van der Waals surface area contributed by atoms with Crippen molar-refractivity contribution in [3.05, 3.63) is 29.7 Å². The molecule has 0 spiro atoms. The molecule has 1 aliphatic carbocycles. The molecule has 184 valence electrons. The Hall–Kier alpha value is -3.10. The predicted molar refractivity (Wildman–Crippen MR) is 131 cm³/mol. The number of hydrogen-bond acceptors (Lipinski definition) is 5. The summed E-state index contributed by atoms with van der Waals surface area (Å²) in [6, 6.07) is 2.14. The summed E-state index contributed by atoms with van der Waals surface area (Å²) in [5, 5.41) is 17.3. The lowest BCUT2D eigenvalue weighted by Crippen LogP contribution is -2.38. The van der Waals surface area contributed by atoms with Crippen molar-refractivity contribution in [2.24, 2.45) is 0 Å². The maximum Gasteiger partial charge on any atom is 0.407 e. The van der Waals surface area contributed by atoms with Crippen LogP contribution in [0.3, 0.4) is 0 Å². The Kier molecular flexibility index (Phi) is 6.81. The minimum atomic E-state index is -0.873. The summed E-state index contributed by atoms with van der Waals surface area (Å²) in [5.74, 6) is 0.0484. The van der Waals surface area contributed by atoms with Gasteiger partial charge < -0.3 is 21.1 Å². The van der Waals surface area contributed by atoms with Crippen LogP contribution in [0.5, 0.6) is 0 Å². The molecule has 9 nitrogen and oxygen atoms in total. The van der Waals surface area contributed by atoms with E-state index in [1.165, 1.54) is 11.3 Å². The van der Waals surface area contributed by atoms with Gasteiger partial charge in [0.1, 0.15) is 5.82 Å². The first kappa shape index (κ1) is 24.0. The minimum absolute atomic E-state index is 0.126. The molecule has 9 heteroatoms. The Morgan fingerprint density at radius 1 is 1.12 bits per heavy atom. The van der Waals surface area contributed by atoms with E-state index in [9.17, 15) is 14.7 Å². The van der Waals surface area contributed by atoms with Crippen molar-refractivity contribution in [1.82, 2.24) is 25.0 Å². The first-order chi connectivity index (χ1) is 16.1. The molecular weight excluding hydrogens is 432 g/mol. The van der Waals surface area contributed by atoms with Gasteiger partial charge in [-0.2, -0.15) is 5.10 Å². The molecule has 2 fully saturated rings. The quantitative estimate of drug-likeness (QED) is 0.617. The zero-order chi connectivity index (χ0) is 24.5. The number of likely N-dealkylation sites (tertiary alicyclic amines) is 1. The summed E-state index contributed by atoms with van der Waals surface area (Å²) in [6.07, 6.45) is 9.77. The number of rotatable bonds is 4. The maximum absolute atomic E-state index is 13.0. The fourth-order valence-electron chi connectivity index (χ4n) is 4.98. The maximum atomic E-state index is 13.0. The molecule has 2 amide bonds. The van der Waals surface area contributed by atoms with Gasteiger partial charge in [-0.1, -0.05) is 40.0 Å². The Bertz CT molecular complexity index is 1040. The third-order valence-electron chi connectivity index (χ3n) is 6.97. The topological polar surface area (TPSA) is 126 Å². The van der Waals surface area contributed by atoms with E-state index in [2.05, 4.69) is 31.1 Å². The molecule has 4 rings (SSSR count). The number of nitrogens with two attached hydrogens (primary N) is 1. The molecule has 1 saturated carbocycles. The van der Waals surface area contributed by atoms with Gasteiger partial charge in [-0.05, 0) is 31.7 Å². The average molecular weight is 469 g/mol. The first-order valence-electron chi connectivity index (χ1n) is 12.3. The zero-order valence-corrected chi connectivity index (χ0v) is 20.4. The molecule has 0 unspecified atom stereocenters. The van der Waals surface area contributed by atoms with Gasteiger partial charge in [-0.3, -0.25) is 9.48 Å². The number of nitrogens with one attached hydrogen (secondary N) is 1. The molecule has 0 bridgehead atoms. The van der Waals surface area contributed by atoms with Crippen LogP contribution in [0.2, 0.25) is 0 Å².